The normalized spacial score (nSPS) is 10.6. The lowest BCUT2D eigenvalue weighted by Crippen LogP contribution is -2.15. The molecule has 0 aliphatic carbocycles. The van der Waals surface area contributed by atoms with E-state index in [-0.39, 0.29) is 11.7 Å². The van der Waals surface area contributed by atoms with Gasteiger partial charge in [0, 0.05) is 11.1 Å². The zero-order valence-corrected chi connectivity index (χ0v) is 17.5. The number of thioether (sulfide) groups is 1. The first-order valence-corrected chi connectivity index (χ1v) is 10.3. The van der Waals surface area contributed by atoms with Gasteiger partial charge in [-0.25, -0.2) is 0 Å². The van der Waals surface area contributed by atoms with Gasteiger partial charge in [0.05, 0.1) is 30.3 Å². The maximum Gasteiger partial charge on any atom is 0.234 e. The number of amides is 1. The summed E-state index contributed by atoms with van der Waals surface area (Å²) < 4.78 is 12.6. The number of ether oxygens (including phenoxy) is 2. The van der Waals surface area contributed by atoms with Crippen LogP contribution in [-0.2, 0) is 4.79 Å². The number of tetrazole rings is 1. The van der Waals surface area contributed by atoms with Crippen molar-refractivity contribution in [2.45, 2.75) is 19.0 Å². The van der Waals surface area contributed by atoms with Gasteiger partial charge in [0.2, 0.25) is 11.1 Å². The number of aromatic nitrogens is 4. The van der Waals surface area contributed by atoms with Gasteiger partial charge in [-0.15, -0.1) is 5.10 Å². The van der Waals surface area contributed by atoms with Gasteiger partial charge in [0.15, 0.2) is 0 Å². The Morgan fingerprint density at radius 1 is 1.14 bits per heavy atom. The van der Waals surface area contributed by atoms with Crippen LogP contribution in [-0.4, -0.2) is 45.1 Å². The van der Waals surface area contributed by atoms with Gasteiger partial charge in [-0.1, -0.05) is 23.4 Å². The van der Waals surface area contributed by atoms with E-state index in [0.29, 0.717) is 40.6 Å². The van der Waals surface area contributed by atoms with E-state index < -0.39 is 0 Å². The molecule has 0 fully saturated rings. The van der Waals surface area contributed by atoms with E-state index in [1.165, 1.54) is 11.8 Å². The number of nitrogens with zero attached hydrogens (tertiary/aromatic N) is 4. The number of carbonyl (C=O) groups is 1. The number of nitrogens with one attached hydrogen (secondary N) is 1. The highest BCUT2D eigenvalue weighted by Crippen LogP contribution is 2.30. The molecule has 0 atom stereocenters. The van der Waals surface area contributed by atoms with Crippen molar-refractivity contribution in [2.75, 3.05) is 24.3 Å². The second-order valence-corrected chi connectivity index (χ2v) is 7.09. The van der Waals surface area contributed by atoms with Crippen molar-refractivity contribution in [3.8, 4) is 17.2 Å². The van der Waals surface area contributed by atoms with Crippen molar-refractivity contribution >= 4 is 35.0 Å². The Morgan fingerprint density at radius 2 is 1.90 bits per heavy atom. The monoisotopic (exact) mass is 433 g/mol. The summed E-state index contributed by atoms with van der Waals surface area (Å²) in [5.74, 6) is 1.15. The van der Waals surface area contributed by atoms with Crippen LogP contribution in [0, 0.1) is 0 Å². The molecule has 0 aliphatic rings. The molecular formula is C19H20ClN5O3S. The number of hydrogen-bond acceptors (Lipinski definition) is 7. The van der Waals surface area contributed by atoms with Crippen LogP contribution in [0.4, 0.5) is 5.69 Å². The minimum absolute atomic E-state index is 0.123. The van der Waals surface area contributed by atoms with E-state index in [9.17, 15) is 4.79 Å². The Balaban J connectivity index is 1.67. The molecule has 10 heteroatoms. The number of carbonyl (C=O) groups excluding carboxylic acids is 1. The summed E-state index contributed by atoms with van der Waals surface area (Å²) in [6.45, 7) is 4.80. The summed E-state index contributed by atoms with van der Waals surface area (Å²) in [7, 11) is 0. The van der Waals surface area contributed by atoms with E-state index >= 15 is 0 Å². The molecule has 29 heavy (non-hydrogen) atoms. The summed E-state index contributed by atoms with van der Waals surface area (Å²) >= 11 is 7.14. The average molecular weight is 434 g/mol. The quantitative estimate of drug-likeness (QED) is 0.512. The predicted octanol–water partition coefficient (Wildman–Crippen LogP) is 3.84. The van der Waals surface area contributed by atoms with Crippen molar-refractivity contribution in [1.82, 2.24) is 20.2 Å². The van der Waals surface area contributed by atoms with E-state index in [1.54, 1.807) is 47.1 Å². The first-order chi connectivity index (χ1) is 14.1. The molecule has 3 aromatic rings. The fraction of sp³-hybridized carbons (Fsp3) is 0.263. The Kier molecular flexibility index (Phi) is 7.31. The Bertz CT molecular complexity index is 965. The van der Waals surface area contributed by atoms with Crippen LogP contribution in [0.5, 0.6) is 11.5 Å². The molecule has 0 radical (unpaired) electrons. The van der Waals surface area contributed by atoms with Crippen LogP contribution in [0.25, 0.3) is 5.69 Å². The molecule has 8 nitrogen and oxygen atoms in total. The SMILES string of the molecule is CCOc1ccc(OCC)c(NC(=O)CSc2nnnn2-c2ccc(Cl)cc2)c1. The molecule has 0 saturated carbocycles. The van der Waals surface area contributed by atoms with Crippen LogP contribution in [0.1, 0.15) is 13.8 Å². The van der Waals surface area contributed by atoms with Crippen LogP contribution < -0.4 is 14.8 Å². The topological polar surface area (TPSA) is 91.2 Å². The van der Waals surface area contributed by atoms with E-state index in [4.69, 9.17) is 21.1 Å². The lowest BCUT2D eigenvalue weighted by atomic mass is 10.2. The van der Waals surface area contributed by atoms with E-state index in [1.807, 2.05) is 13.8 Å². The maximum absolute atomic E-state index is 12.5. The zero-order chi connectivity index (χ0) is 20.6. The molecule has 1 aromatic heterocycles. The molecular weight excluding hydrogens is 414 g/mol. The first kappa shape index (κ1) is 20.9. The smallest absolute Gasteiger partial charge is 0.234 e. The van der Waals surface area contributed by atoms with Crippen LogP contribution in [0.2, 0.25) is 5.02 Å². The van der Waals surface area contributed by atoms with Crippen molar-refractivity contribution in [3.63, 3.8) is 0 Å². The molecule has 0 aliphatic heterocycles. The van der Waals surface area contributed by atoms with Gasteiger partial charge in [-0.2, -0.15) is 4.68 Å². The minimum atomic E-state index is -0.213. The largest absolute Gasteiger partial charge is 0.494 e. The summed E-state index contributed by atoms with van der Waals surface area (Å²) in [5, 5.41) is 15.6. The number of rotatable bonds is 9. The lowest BCUT2D eigenvalue weighted by Gasteiger charge is -2.13. The van der Waals surface area contributed by atoms with Gasteiger partial charge in [-0.3, -0.25) is 4.79 Å². The van der Waals surface area contributed by atoms with Crippen molar-refractivity contribution in [2.24, 2.45) is 0 Å². The maximum atomic E-state index is 12.5. The lowest BCUT2D eigenvalue weighted by molar-refractivity contribution is -0.113. The molecule has 0 bridgehead atoms. The standard InChI is InChI=1S/C19H20ClN5O3S/c1-3-27-15-9-10-17(28-4-2)16(11-15)21-18(26)12-29-19-22-23-24-25(19)14-7-5-13(20)6-8-14/h5-11H,3-4,12H2,1-2H3,(H,21,26). The number of halogens is 1. The number of benzene rings is 2. The summed E-state index contributed by atoms with van der Waals surface area (Å²) in [6, 6.07) is 12.4. The minimum Gasteiger partial charge on any atom is -0.494 e. The second kappa shape index (κ2) is 10.1. The van der Waals surface area contributed by atoms with Gasteiger partial charge < -0.3 is 14.8 Å². The highest BCUT2D eigenvalue weighted by molar-refractivity contribution is 7.99. The third-order valence-corrected chi connectivity index (χ3v) is 4.85. The molecule has 0 unspecified atom stereocenters. The Labute approximate surface area is 177 Å². The summed E-state index contributed by atoms with van der Waals surface area (Å²) in [5.41, 5.74) is 1.31. The molecule has 1 amide bonds. The second-order valence-electron chi connectivity index (χ2n) is 5.71. The molecule has 2 aromatic carbocycles. The van der Waals surface area contributed by atoms with Crippen LogP contribution in [0.15, 0.2) is 47.6 Å². The highest BCUT2D eigenvalue weighted by Gasteiger charge is 2.14. The molecule has 152 valence electrons. The van der Waals surface area contributed by atoms with Gasteiger partial charge in [0.25, 0.3) is 0 Å². The van der Waals surface area contributed by atoms with Crippen molar-refractivity contribution in [1.29, 1.82) is 0 Å². The third-order valence-electron chi connectivity index (χ3n) is 3.68. The summed E-state index contributed by atoms with van der Waals surface area (Å²) in [6.07, 6.45) is 0. The molecule has 1 heterocycles. The molecule has 0 spiro atoms. The van der Waals surface area contributed by atoms with Crippen molar-refractivity contribution < 1.29 is 14.3 Å². The fourth-order valence-electron chi connectivity index (χ4n) is 2.47. The molecule has 1 N–H and O–H groups in total. The average Bonchev–Trinajstić information content (AvgIpc) is 3.18. The van der Waals surface area contributed by atoms with Crippen molar-refractivity contribution in [3.05, 3.63) is 47.5 Å². The Hall–Kier alpha value is -2.78. The van der Waals surface area contributed by atoms with Crippen LogP contribution >= 0.6 is 23.4 Å². The van der Waals surface area contributed by atoms with E-state index in [2.05, 4.69) is 20.8 Å². The first-order valence-electron chi connectivity index (χ1n) is 8.97. The number of hydrogen-bond donors (Lipinski definition) is 1. The Morgan fingerprint density at radius 3 is 2.62 bits per heavy atom. The molecule has 0 saturated heterocycles. The summed E-state index contributed by atoms with van der Waals surface area (Å²) in [4.78, 5) is 12.5. The van der Waals surface area contributed by atoms with Gasteiger partial charge in [0.1, 0.15) is 11.5 Å². The molecule has 3 rings (SSSR count). The van der Waals surface area contributed by atoms with E-state index in [0.717, 1.165) is 5.69 Å². The third kappa shape index (κ3) is 5.61. The van der Waals surface area contributed by atoms with Crippen LogP contribution in [0.3, 0.4) is 0 Å². The predicted molar refractivity (Wildman–Crippen MR) is 112 cm³/mol. The zero-order valence-electron chi connectivity index (χ0n) is 16.0. The number of anilines is 1. The fourth-order valence-corrected chi connectivity index (χ4v) is 3.29. The van der Waals surface area contributed by atoms with Gasteiger partial charge in [-0.05, 0) is 60.7 Å². The highest BCUT2D eigenvalue weighted by atomic mass is 35.5. The van der Waals surface area contributed by atoms with Gasteiger partial charge >= 0.3 is 0 Å².